The van der Waals surface area contributed by atoms with E-state index in [0.29, 0.717) is 28.8 Å². The van der Waals surface area contributed by atoms with E-state index in [-0.39, 0.29) is 12.5 Å². The van der Waals surface area contributed by atoms with Gasteiger partial charge in [-0.1, -0.05) is 29.3 Å². The van der Waals surface area contributed by atoms with Crippen LogP contribution in [-0.4, -0.2) is 36.0 Å². The molecule has 0 saturated carbocycles. The van der Waals surface area contributed by atoms with Gasteiger partial charge in [0.25, 0.3) is 5.91 Å². The number of benzene rings is 1. The lowest BCUT2D eigenvalue weighted by atomic mass is 10.2. The molecule has 2 rings (SSSR count). The SMILES string of the molecule is CN(CCc1ccccn1)C(=O)COc1ccc(Cl)c(Cl)c1. The summed E-state index contributed by atoms with van der Waals surface area (Å²) in [6.45, 7) is 0.539. The van der Waals surface area contributed by atoms with Crippen LogP contribution in [0.3, 0.4) is 0 Å². The van der Waals surface area contributed by atoms with Gasteiger partial charge >= 0.3 is 0 Å². The number of hydrogen-bond acceptors (Lipinski definition) is 3. The Morgan fingerprint density at radius 2 is 2.05 bits per heavy atom. The van der Waals surface area contributed by atoms with Crippen molar-refractivity contribution in [2.75, 3.05) is 20.2 Å². The number of ether oxygens (including phenoxy) is 1. The number of carbonyl (C=O) groups excluding carboxylic acids is 1. The van der Waals surface area contributed by atoms with E-state index in [9.17, 15) is 4.79 Å². The highest BCUT2D eigenvalue weighted by Gasteiger charge is 2.10. The number of aromatic nitrogens is 1. The smallest absolute Gasteiger partial charge is 0.260 e. The number of nitrogens with zero attached hydrogens (tertiary/aromatic N) is 2. The molecule has 6 heteroatoms. The van der Waals surface area contributed by atoms with Gasteiger partial charge < -0.3 is 9.64 Å². The van der Waals surface area contributed by atoms with Gasteiger partial charge in [0.2, 0.25) is 0 Å². The van der Waals surface area contributed by atoms with Crippen molar-refractivity contribution in [1.82, 2.24) is 9.88 Å². The van der Waals surface area contributed by atoms with Gasteiger partial charge in [-0.2, -0.15) is 0 Å². The average Bonchev–Trinajstić information content (AvgIpc) is 2.54. The van der Waals surface area contributed by atoms with Crippen molar-refractivity contribution in [3.63, 3.8) is 0 Å². The zero-order valence-electron chi connectivity index (χ0n) is 12.1. The van der Waals surface area contributed by atoms with Crippen LogP contribution in [0.1, 0.15) is 5.69 Å². The van der Waals surface area contributed by atoms with E-state index in [1.54, 1.807) is 36.3 Å². The van der Waals surface area contributed by atoms with Gasteiger partial charge in [0.1, 0.15) is 5.75 Å². The molecule has 0 N–H and O–H groups in total. The lowest BCUT2D eigenvalue weighted by Crippen LogP contribution is -2.33. The molecule has 1 heterocycles. The van der Waals surface area contributed by atoms with Crippen molar-refractivity contribution in [3.8, 4) is 5.75 Å². The van der Waals surface area contributed by atoms with Crippen LogP contribution in [0.4, 0.5) is 0 Å². The Labute approximate surface area is 139 Å². The quantitative estimate of drug-likeness (QED) is 0.809. The second-order valence-corrected chi connectivity index (χ2v) is 5.57. The molecule has 0 fully saturated rings. The molecule has 0 atom stereocenters. The summed E-state index contributed by atoms with van der Waals surface area (Å²) in [5.74, 6) is 0.405. The maximum Gasteiger partial charge on any atom is 0.260 e. The fourth-order valence-electron chi connectivity index (χ4n) is 1.77. The molecule has 1 amide bonds. The molecule has 22 heavy (non-hydrogen) atoms. The molecule has 116 valence electrons. The molecule has 0 aliphatic rings. The van der Waals surface area contributed by atoms with Crippen molar-refractivity contribution in [2.45, 2.75) is 6.42 Å². The van der Waals surface area contributed by atoms with Crippen molar-refractivity contribution in [3.05, 3.63) is 58.3 Å². The first kappa shape index (κ1) is 16.6. The molecule has 0 aliphatic heterocycles. The lowest BCUT2D eigenvalue weighted by Gasteiger charge is -2.17. The number of carbonyl (C=O) groups is 1. The average molecular weight is 339 g/mol. The predicted molar refractivity (Wildman–Crippen MR) is 87.5 cm³/mol. The third kappa shape index (κ3) is 4.90. The van der Waals surface area contributed by atoms with Crippen LogP contribution in [-0.2, 0) is 11.2 Å². The molecule has 1 aromatic heterocycles. The zero-order valence-corrected chi connectivity index (χ0v) is 13.6. The van der Waals surface area contributed by atoms with Crippen molar-refractivity contribution in [1.29, 1.82) is 0 Å². The summed E-state index contributed by atoms with van der Waals surface area (Å²) < 4.78 is 5.43. The Hall–Kier alpha value is -1.78. The Kier molecular flexibility index (Phi) is 6.04. The molecular weight excluding hydrogens is 323 g/mol. The van der Waals surface area contributed by atoms with Gasteiger partial charge in [-0.25, -0.2) is 0 Å². The van der Waals surface area contributed by atoms with E-state index in [0.717, 1.165) is 5.69 Å². The number of hydrogen-bond donors (Lipinski definition) is 0. The minimum absolute atomic E-state index is 0.0450. The van der Waals surface area contributed by atoms with Crippen LogP contribution in [0.2, 0.25) is 10.0 Å². The molecule has 1 aromatic carbocycles. The summed E-state index contributed by atoms with van der Waals surface area (Å²) >= 11 is 11.7. The summed E-state index contributed by atoms with van der Waals surface area (Å²) in [6.07, 6.45) is 2.44. The lowest BCUT2D eigenvalue weighted by molar-refractivity contribution is -0.132. The van der Waals surface area contributed by atoms with Gasteiger partial charge in [0.15, 0.2) is 6.61 Å². The van der Waals surface area contributed by atoms with Gasteiger partial charge in [0.05, 0.1) is 10.0 Å². The maximum absolute atomic E-state index is 12.0. The second-order valence-electron chi connectivity index (χ2n) is 4.75. The molecule has 0 unspecified atom stereocenters. The Morgan fingerprint density at radius 3 is 2.73 bits per heavy atom. The van der Waals surface area contributed by atoms with E-state index in [1.165, 1.54) is 0 Å². The normalized spacial score (nSPS) is 10.3. The van der Waals surface area contributed by atoms with Gasteiger partial charge in [0, 0.05) is 38.0 Å². The number of amides is 1. The molecule has 0 saturated heterocycles. The number of halogens is 2. The highest BCUT2D eigenvalue weighted by Crippen LogP contribution is 2.26. The van der Waals surface area contributed by atoms with Gasteiger partial charge in [-0.15, -0.1) is 0 Å². The third-order valence-corrected chi connectivity index (χ3v) is 3.85. The van der Waals surface area contributed by atoms with E-state index < -0.39 is 0 Å². The van der Waals surface area contributed by atoms with Crippen molar-refractivity contribution >= 4 is 29.1 Å². The molecule has 4 nitrogen and oxygen atoms in total. The van der Waals surface area contributed by atoms with Crippen LogP contribution in [0.15, 0.2) is 42.6 Å². The standard InChI is InChI=1S/C16H16Cl2N2O2/c1-20(9-7-12-4-2-3-8-19-12)16(21)11-22-13-5-6-14(17)15(18)10-13/h2-6,8,10H,7,9,11H2,1H3. The fourth-order valence-corrected chi connectivity index (χ4v) is 2.06. The monoisotopic (exact) mass is 338 g/mol. The van der Waals surface area contributed by atoms with E-state index in [2.05, 4.69) is 4.98 Å². The van der Waals surface area contributed by atoms with Gasteiger partial charge in [-0.3, -0.25) is 9.78 Å². The summed E-state index contributed by atoms with van der Waals surface area (Å²) in [4.78, 5) is 17.9. The first-order chi connectivity index (χ1) is 10.6. The number of pyridine rings is 1. The van der Waals surface area contributed by atoms with Crippen molar-refractivity contribution in [2.24, 2.45) is 0 Å². The molecule has 0 bridgehead atoms. The minimum atomic E-state index is -0.109. The van der Waals surface area contributed by atoms with E-state index in [4.69, 9.17) is 27.9 Å². The highest BCUT2D eigenvalue weighted by atomic mass is 35.5. The maximum atomic E-state index is 12.0. The molecule has 2 aromatic rings. The summed E-state index contributed by atoms with van der Waals surface area (Å²) in [5.41, 5.74) is 0.951. The van der Waals surface area contributed by atoms with Crippen LogP contribution in [0.5, 0.6) is 5.75 Å². The highest BCUT2D eigenvalue weighted by molar-refractivity contribution is 6.42. The van der Waals surface area contributed by atoms with Crippen LogP contribution < -0.4 is 4.74 Å². The largest absolute Gasteiger partial charge is 0.484 e. The summed E-state index contributed by atoms with van der Waals surface area (Å²) in [5, 5.41) is 0.850. The predicted octanol–water partition coefficient (Wildman–Crippen LogP) is 3.47. The topological polar surface area (TPSA) is 42.4 Å². The number of likely N-dealkylation sites (N-methyl/N-ethyl adjacent to an activating group) is 1. The second kappa shape index (κ2) is 8.01. The third-order valence-electron chi connectivity index (χ3n) is 3.11. The molecule has 0 radical (unpaired) electrons. The van der Waals surface area contributed by atoms with Crippen LogP contribution in [0.25, 0.3) is 0 Å². The number of rotatable bonds is 6. The Balaban J connectivity index is 1.79. The van der Waals surface area contributed by atoms with Crippen molar-refractivity contribution < 1.29 is 9.53 Å². The first-order valence-corrected chi connectivity index (χ1v) is 7.53. The Morgan fingerprint density at radius 1 is 1.23 bits per heavy atom. The van der Waals surface area contributed by atoms with E-state index >= 15 is 0 Å². The molecule has 0 aliphatic carbocycles. The molecule has 0 spiro atoms. The first-order valence-electron chi connectivity index (χ1n) is 6.78. The van der Waals surface area contributed by atoms with Crippen LogP contribution >= 0.6 is 23.2 Å². The van der Waals surface area contributed by atoms with E-state index in [1.807, 2.05) is 18.2 Å². The summed E-state index contributed by atoms with van der Waals surface area (Å²) in [6, 6.07) is 10.6. The fraction of sp³-hybridized carbons (Fsp3) is 0.250. The van der Waals surface area contributed by atoms with Gasteiger partial charge in [-0.05, 0) is 24.3 Å². The Bertz CT molecular complexity index is 635. The summed E-state index contributed by atoms with van der Waals surface area (Å²) in [7, 11) is 1.74. The zero-order chi connectivity index (χ0) is 15.9. The minimum Gasteiger partial charge on any atom is -0.484 e. The molecular formula is C16H16Cl2N2O2. The van der Waals surface area contributed by atoms with Crippen LogP contribution in [0, 0.1) is 0 Å².